The van der Waals surface area contributed by atoms with E-state index in [1.165, 1.54) is 23.6 Å². The molecule has 0 atom stereocenters. The van der Waals surface area contributed by atoms with Crippen molar-refractivity contribution in [1.82, 2.24) is 4.98 Å². The molecule has 0 aliphatic carbocycles. The Morgan fingerprint density at radius 2 is 2.27 bits per heavy atom. The fourth-order valence-electron chi connectivity index (χ4n) is 1.20. The number of aliphatic hydroxyl groups is 1. The number of nitrogens with zero attached hydrogens (tertiary/aromatic N) is 1. The zero-order valence-corrected chi connectivity index (χ0v) is 9.15. The number of halogens is 2. The smallest absolute Gasteiger partial charge is 0.134 e. The summed E-state index contributed by atoms with van der Waals surface area (Å²) in [6.07, 6.45) is 1.52. The van der Waals surface area contributed by atoms with Crippen molar-refractivity contribution in [1.29, 1.82) is 0 Å². The van der Waals surface area contributed by atoms with Crippen molar-refractivity contribution >= 4 is 22.9 Å². The second kappa shape index (κ2) is 4.26. The Labute approximate surface area is 95.0 Å². The maximum atomic E-state index is 13.5. The minimum Gasteiger partial charge on any atom is -0.391 e. The van der Waals surface area contributed by atoms with Gasteiger partial charge in [-0.15, -0.1) is 11.3 Å². The monoisotopic (exact) mass is 243 g/mol. The van der Waals surface area contributed by atoms with Gasteiger partial charge >= 0.3 is 0 Å². The largest absolute Gasteiger partial charge is 0.391 e. The fourth-order valence-corrected chi connectivity index (χ4v) is 2.34. The van der Waals surface area contributed by atoms with Crippen molar-refractivity contribution in [3.05, 3.63) is 40.1 Å². The molecule has 0 unspecified atom stereocenters. The predicted octanol–water partition coefficient (Wildman–Crippen LogP) is 3.09. The zero-order valence-electron chi connectivity index (χ0n) is 7.58. The van der Waals surface area contributed by atoms with Gasteiger partial charge in [-0.2, -0.15) is 0 Å². The quantitative estimate of drug-likeness (QED) is 0.879. The van der Waals surface area contributed by atoms with Gasteiger partial charge in [0, 0.05) is 6.20 Å². The van der Waals surface area contributed by atoms with E-state index in [9.17, 15) is 4.39 Å². The third-order valence-electron chi connectivity index (χ3n) is 1.89. The normalized spacial score (nSPS) is 10.6. The van der Waals surface area contributed by atoms with Crippen LogP contribution in [0.5, 0.6) is 0 Å². The summed E-state index contributed by atoms with van der Waals surface area (Å²) in [4.78, 5) is 4.70. The van der Waals surface area contributed by atoms with Crippen molar-refractivity contribution in [3.8, 4) is 10.6 Å². The SMILES string of the molecule is OCc1cnc(-c2c(F)cccc2Cl)s1. The average Bonchev–Trinajstić information content (AvgIpc) is 2.66. The van der Waals surface area contributed by atoms with Gasteiger partial charge in [0.15, 0.2) is 0 Å². The van der Waals surface area contributed by atoms with E-state index < -0.39 is 5.82 Å². The molecule has 1 N–H and O–H groups in total. The summed E-state index contributed by atoms with van der Waals surface area (Å²) in [6, 6.07) is 4.49. The highest BCUT2D eigenvalue weighted by molar-refractivity contribution is 7.15. The summed E-state index contributed by atoms with van der Waals surface area (Å²) >= 11 is 7.11. The molecule has 5 heteroatoms. The van der Waals surface area contributed by atoms with E-state index in [0.717, 1.165) is 0 Å². The number of aliphatic hydroxyl groups excluding tert-OH is 1. The Bertz CT molecular complexity index is 466. The van der Waals surface area contributed by atoms with Crippen LogP contribution in [0.2, 0.25) is 5.02 Å². The van der Waals surface area contributed by atoms with Gasteiger partial charge in [0.05, 0.1) is 22.1 Å². The molecule has 1 heterocycles. The van der Waals surface area contributed by atoms with Gasteiger partial charge in [-0.25, -0.2) is 9.37 Å². The molecule has 2 rings (SSSR count). The molecule has 0 saturated heterocycles. The topological polar surface area (TPSA) is 33.1 Å². The van der Waals surface area contributed by atoms with Gasteiger partial charge in [0.2, 0.25) is 0 Å². The van der Waals surface area contributed by atoms with Crippen LogP contribution in [0.15, 0.2) is 24.4 Å². The average molecular weight is 244 g/mol. The van der Waals surface area contributed by atoms with Crippen LogP contribution in [0.3, 0.4) is 0 Å². The number of aromatic nitrogens is 1. The van der Waals surface area contributed by atoms with E-state index in [2.05, 4.69) is 4.98 Å². The van der Waals surface area contributed by atoms with Gasteiger partial charge in [0.1, 0.15) is 10.8 Å². The van der Waals surface area contributed by atoms with Crippen molar-refractivity contribution in [2.24, 2.45) is 0 Å². The van der Waals surface area contributed by atoms with Crippen LogP contribution in [0, 0.1) is 5.82 Å². The molecule has 2 nitrogen and oxygen atoms in total. The molecule has 0 aliphatic rings. The van der Waals surface area contributed by atoms with E-state index in [1.54, 1.807) is 12.1 Å². The molecule has 0 radical (unpaired) electrons. The zero-order chi connectivity index (χ0) is 10.8. The Hall–Kier alpha value is -0.970. The highest BCUT2D eigenvalue weighted by Gasteiger charge is 2.12. The number of benzene rings is 1. The van der Waals surface area contributed by atoms with Crippen LogP contribution in [0.4, 0.5) is 4.39 Å². The highest BCUT2D eigenvalue weighted by atomic mass is 35.5. The van der Waals surface area contributed by atoms with Gasteiger partial charge in [-0.05, 0) is 12.1 Å². The molecule has 15 heavy (non-hydrogen) atoms. The molecule has 0 bridgehead atoms. The van der Waals surface area contributed by atoms with E-state index >= 15 is 0 Å². The third kappa shape index (κ3) is 2.02. The van der Waals surface area contributed by atoms with Crippen molar-refractivity contribution in [2.75, 3.05) is 0 Å². The summed E-state index contributed by atoms with van der Waals surface area (Å²) in [5.74, 6) is -0.402. The van der Waals surface area contributed by atoms with Crippen LogP contribution in [-0.2, 0) is 6.61 Å². The third-order valence-corrected chi connectivity index (χ3v) is 3.20. The molecule has 0 saturated carbocycles. The van der Waals surface area contributed by atoms with E-state index in [0.29, 0.717) is 20.5 Å². The van der Waals surface area contributed by atoms with Gasteiger partial charge in [-0.1, -0.05) is 17.7 Å². The minimum absolute atomic E-state index is 0.0935. The first-order valence-electron chi connectivity index (χ1n) is 4.22. The molecule has 1 aromatic carbocycles. The summed E-state index contributed by atoms with van der Waals surface area (Å²) in [6.45, 7) is -0.0935. The standard InChI is InChI=1S/C10H7ClFNOS/c11-7-2-1-3-8(12)9(7)10-13-4-6(5-14)15-10/h1-4,14H,5H2. The Morgan fingerprint density at radius 3 is 2.87 bits per heavy atom. The van der Waals surface area contributed by atoms with E-state index in [-0.39, 0.29) is 6.61 Å². The highest BCUT2D eigenvalue weighted by Crippen LogP contribution is 2.33. The van der Waals surface area contributed by atoms with Crippen LogP contribution in [-0.4, -0.2) is 10.1 Å². The van der Waals surface area contributed by atoms with Gasteiger partial charge in [0.25, 0.3) is 0 Å². The molecule has 2 aromatic rings. The number of thiazole rings is 1. The molecule has 0 amide bonds. The molecule has 78 valence electrons. The van der Waals surface area contributed by atoms with E-state index in [1.807, 2.05) is 0 Å². The molecular formula is C10H7ClFNOS. The lowest BCUT2D eigenvalue weighted by Crippen LogP contribution is -1.83. The lowest BCUT2D eigenvalue weighted by molar-refractivity contribution is 0.285. The maximum Gasteiger partial charge on any atom is 0.134 e. The van der Waals surface area contributed by atoms with Crippen LogP contribution in [0.25, 0.3) is 10.6 Å². The Morgan fingerprint density at radius 1 is 1.47 bits per heavy atom. The maximum absolute atomic E-state index is 13.5. The number of hydrogen-bond acceptors (Lipinski definition) is 3. The summed E-state index contributed by atoms with van der Waals surface area (Å²) < 4.78 is 13.5. The lowest BCUT2D eigenvalue weighted by atomic mass is 10.2. The second-order valence-electron chi connectivity index (χ2n) is 2.89. The van der Waals surface area contributed by atoms with E-state index in [4.69, 9.17) is 16.7 Å². The van der Waals surface area contributed by atoms with Crippen LogP contribution in [0.1, 0.15) is 4.88 Å². The Kier molecular flexibility index (Phi) is 3.00. The summed E-state index contributed by atoms with van der Waals surface area (Å²) in [5, 5.41) is 9.70. The molecule has 0 spiro atoms. The predicted molar refractivity (Wildman–Crippen MR) is 58.4 cm³/mol. The number of hydrogen-bond donors (Lipinski definition) is 1. The second-order valence-corrected chi connectivity index (χ2v) is 4.41. The Balaban J connectivity index is 2.53. The molecular weight excluding hydrogens is 237 g/mol. The number of rotatable bonds is 2. The van der Waals surface area contributed by atoms with Crippen molar-refractivity contribution in [2.45, 2.75) is 6.61 Å². The summed E-state index contributed by atoms with van der Waals surface area (Å²) in [5.41, 5.74) is 0.295. The first-order valence-corrected chi connectivity index (χ1v) is 5.41. The lowest BCUT2D eigenvalue weighted by Gasteiger charge is -2.00. The van der Waals surface area contributed by atoms with Crippen LogP contribution >= 0.6 is 22.9 Å². The first-order chi connectivity index (χ1) is 7.22. The fraction of sp³-hybridized carbons (Fsp3) is 0.100. The van der Waals surface area contributed by atoms with Gasteiger partial charge in [-0.3, -0.25) is 0 Å². The molecule has 0 fully saturated rings. The first kappa shape index (κ1) is 10.5. The van der Waals surface area contributed by atoms with Crippen LogP contribution < -0.4 is 0 Å². The van der Waals surface area contributed by atoms with Gasteiger partial charge < -0.3 is 5.11 Å². The summed E-state index contributed by atoms with van der Waals surface area (Å²) in [7, 11) is 0. The minimum atomic E-state index is -0.402. The van der Waals surface area contributed by atoms with Crippen molar-refractivity contribution < 1.29 is 9.50 Å². The molecule has 1 aromatic heterocycles. The van der Waals surface area contributed by atoms with Crippen molar-refractivity contribution in [3.63, 3.8) is 0 Å². The molecule has 0 aliphatic heterocycles.